The Morgan fingerprint density at radius 1 is 0.714 bits per heavy atom. The summed E-state index contributed by atoms with van der Waals surface area (Å²) in [5.41, 5.74) is 4.54. The Labute approximate surface area is 375 Å². The van der Waals surface area contributed by atoms with E-state index in [9.17, 15) is 9.65 Å². The number of ether oxygens (including phenoxy) is 3. The lowest BCUT2D eigenvalue weighted by atomic mass is 9.76. The summed E-state index contributed by atoms with van der Waals surface area (Å²) in [6, 6.07) is 31.7. The summed E-state index contributed by atoms with van der Waals surface area (Å²) in [4.78, 5) is 0. The topological polar surface area (TPSA) is 79.2 Å². The predicted octanol–water partition coefficient (Wildman–Crippen LogP) is 13.5. The van der Waals surface area contributed by atoms with Gasteiger partial charge in [-0.15, -0.1) is 0 Å². The first-order chi connectivity index (χ1) is 29.3. The highest BCUT2D eigenvalue weighted by Gasteiger charge is 2.51. The van der Waals surface area contributed by atoms with E-state index in [0.29, 0.717) is 37.0 Å². The van der Waals surface area contributed by atoms with Gasteiger partial charge in [-0.3, -0.25) is 0 Å². The zero-order valence-corrected chi connectivity index (χ0v) is 40.4. The van der Waals surface area contributed by atoms with E-state index in [4.69, 9.17) is 27.5 Å². The standard InChI is InChI=1S/C54H64FNO6Si/c1-49(2,3)60-63(61-50(4,5)6,62-51(7,8)9)33-30-52(10,11)58-32-31-57-40-25-21-38(22-26-40)54(37-19-23-39(55)24-20-37)29-28-44-47-46(41-16-14-15-17-42(41)48(44)59-54)43-27-18-36(35-56)34-45(43)53(47,12)13/h14-29,34H,30-33H2,1-13H3. The molecule has 63 heavy (non-hydrogen) atoms. The molecule has 1 aliphatic heterocycles. The second-order valence-corrected chi connectivity index (χ2v) is 23.5. The number of nitriles is 1. The third-order valence-electron chi connectivity index (χ3n) is 11.5. The molecule has 1 aliphatic carbocycles. The molecular weight excluding hydrogens is 806 g/mol. The van der Waals surface area contributed by atoms with Crippen LogP contribution < -0.4 is 9.47 Å². The lowest BCUT2D eigenvalue weighted by Gasteiger charge is -2.44. The Balaban J connectivity index is 1.12. The van der Waals surface area contributed by atoms with Gasteiger partial charge in [0.05, 0.1) is 40.6 Å². The van der Waals surface area contributed by atoms with Gasteiger partial charge in [0.1, 0.15) is 23.9 Å². The van der Waals surface area contributed by atoms with Crippen LogP contribution in [0.4, 0.5) is 4.39 Å². The number of benzene rings is 5. The zero-order valence-electron chi connectivity index (χ0n) is 39.4. The monoisotopic (exact) mass is 869 g/mol. The molecule has 0 amide bonds. The molecule has 1 heterocycles. The lowest BCUT2D eigenvalue weighted by Crippen LogP contribution is -2.57. The largest absolute Gasteiger partial charge is 0.502 e. The molecule has 2 aliphatic rings. The quantitative estimate of drug-likeness (QED) is 0.0861. The van der Waals surface area contributed by atoms with E-state index in [2.05, 4.69) is 70.2 Å². The summed E-state index contributed by atoms with van der Waals surface area (Å²) in [5.74, 6) is 1.13. The van der Waals surface area contributed by atoms with Crippen LogP contribution in [0.15, 0.2) is 97.1 Å². The van der Waals surface area contributed by atoms with Crippen LogP contribution in [0.5, 0.6) is 11.5 Å². The van der Waals surface area contributed by atoms with E-state index in [0.717, 1.165) is 49.9 Å². The SMILES string of the molecule is CC(C)(C)O[Si](CCC(C)(C)OCCOc1ccc(C2(c3ccc(F)cc3)C=Cc3c4c(c5ccccc5c3O2)-c2ccc(C#N)cc2C4(C)C)cc1)(OC(C)(C)C)OC(C)(C)C. The van der Waals surface area contributed by atoms with Gasteiger partial charge in [0, 0.05) is 33.5 Å². The van der Waals surface area contributed by atoms with Gasteiger partial charge in [-0.2, -0.15) is 5.26 Å². The minimum absolute atomic E-state index is 0.320. The smallest absolute Gasteiger partial charge is 0.491 e. The normalized spacial score (nSPS) is 17.2. The number of halogens is 1. The van der Waals surface area contributed by atoms with Crippen molar-refractivity contribution in [2.45, 2.75) is 136 Å². The van der Waals surface area contributed by atoms with Crippen molar-refractivity contribution in [2.24, 2.45) is 0 Å². The average molecular weight is 870 g/mol. The van der Waals surface area contributed by atoms with Crippen molar-refractivity contribution >= 4 is 25.7 Å². The van der Waals surface area contributed by atoms with E-state index in [1.54, 1.807) is 12.1 Å². The molecule has 0 aromatic heterocycles. The Morgan fingerprint density at radius 2 is 1.29 bits per heavy atom. The number of nitrogens with zero attached hydrogens (tertiary/aromatic N) is 1. The third-order valence-corrected chi connectivity index (χ3v) is 15.1. The highest BCUT2D eigenvalue weighted by atomic mass is 28.4. The zero-order chi connectivity index (χ0) is 45.8. The van der Waals surface area contributed by atoms with Crippen LogP contribution in [0.1, 0.15) is 130 Å². The molecule has 0 N–H and O–H groups in total. The van der Waals surface area contributed by atoms with Gasteiger partial charge in [0.15, 0.2) is 5.60 Å². The van der Waals surface area contributed by atoms with Gasteiger partial charge in [-0.25, -0.2) is 4.39 Å². The summed E-state index contributed by atoms with van der Waals surface area (Å²) >= 11 is 0. The van der Waals surface area contributed by atoms with Crippen molar-refractivity contribution in [3.63, 3.8) is 0 Å². The van der Waals surface area contributed by atoms with Gasteiger partial charge >= 0.3 is 8.80 Å². The number of hydrogen-bond donors (Lipinski definition) is 0. The first-order valence-electron chi connectivity index (χ1n) is 22.1. The van der Waals surface area contributed by atoms with Crippen molar-refractivity contribution in [3.8, 4) is 28.7 Å². The van der Waals surface area contributed by atoms with Crippen molar-refractivity contribution in [1.82, 2.24) is 0 Å². The fraction of sp³-hybridized carbons (Fsp3) is 0.426. The molecule has 5 aromatic rings. The van der Waals surface area contributed by atoms with Gasteiger partial charge in [0.25, 0.3) is 0 Å². The van der Waals surface area contributed by atoms with E-state index in [1.165, 1.54) is 17.7 Å². The summed E-state index contributed by atoms with van der Waals surface area (Å²) in [7, 11) is -3.18. The number of hydrogen-bond acceptors (Lipinski definition) is 7. The maximum Gasteiger partial charge on any atom is 0.502 e. The molecule has 0 saturated carbocycles. The maximum absolute atomic E-state index is 14.5. The number of fused-ring (bicyclic) bond motifs is 8. The molecule has 332 valence electrons. The van der Waals surface area contributed by atoms with Gasteiger partial charge < -0.3 is 27.5 Å². The second kappa shape index (κ2) is 16.6. The van der Waals surface area contributed by atoms with Crippen molar-refractivity contribution in [3.05, 3.63) is 136 Å². The molecule has 0 saturated heterocycles. The first-order valence-corrected chi connectivity index (χ1v) is 24.0. The molecular formula is C54H64FNO6Si. The minimum Gasteiger partial charge on any atom is -0.491 e. The van der Waals surface area contributed by atoms with E-state index in [-0.39, 0.29) is 5.82 Å². The minimum atomic E-state index is -3.18. The molecule has 0 bridgehead atoms. The Bertz CT molecular complexity index is 2510. The van der Waals surface area contributed by atoms with E-state index >= 15 is 0 Å². The maximum atomic E-state index is 14.5. The first kappa shape index (κ1) is 46.2. The van der Waals surface area contributed by atoms with Crippen LogP contribution in [0.25, 0.3) is 28.0 Å². The Kier molecular flexibility index (Phi) is 12.2. The van der Waals surface area contributed by atoms with Gasteiger partial charge in [-0.05, 0) is 153 Å². The summed E-state index contributed by atoms with van der Waals surface area (Å²) in [6.07, 6.45) is 4.93. The molecule has 0 spiro atoms. The number of rotatable bonds is 13. The summed E-state index contributed by atoms with van der Waals surface area (Å²) in [6.45, 7) is 27.7. The van der Waals surface area contributed by atoms with Crippen LogP contribution >= 0.6 is 0 Å². The van der Waals surface area contributed by atoms with E-state index in [1.807, 2.05) is 105 Å². The second-order valence-electron chi connectivity index (χ2n) is 21.0. The fourth-order valence-corrected chi connectivity index (χ4v) is 13.2. The predicted molar refractivity (Wildman–Crippen MR) is 253 cm³/mol. The lowest BCUT2D eigenvalue weighted by molar-refractivity contribution is -0.0823. The molecule has 1 unspecified atom stereocenters. The molecule has 0 radical (unpaired) electrons. The van der Waals surface area contributed by atoms with Crippen LogP contribution in [0.3, 0.4) is 0 Å². The summed E-state index contributed by atoms with van der Waals surface area (Å²) in [5, 5.41) is 11.9. The molecule has 7 nitrogen and oxygen atoms in total. The third kappa shape index (κ3) is 9.81. The Morgan fingerprint density at radius 3 is 1.86 bits per heavy atom. The molecule has 0 fully saturated rings. The van der Waals surface area contributed by atoms with E-state index < -0.39 is 42.2 Å². The van der Waals surface area contributed by atoms with Gasteiger partial charge in [-0.1, -0.05) is 74.5 Å². The van der Waals surface area contributed by atoms with Crippen molar-refractivity contribution < 1.29 is 31.9 Å². The molecule has 9 heteroatoms. The molecule has 1 atom stereocenters. The van der Waals surface area contributed by atoms with Crippen LogP contribution in [-0.4, -0.2) is 44.4 Å². The molecule has 5 aromatic carbocycles. The van der Waals surface area contributed by atoms with Gasteiger partial charge in [0.2, 0.25) is 0 Å². The molecule has 7 rings (SSSR count). The van der Waals surface area contributed by atoms with Crippen molar-refractivity contribution in [2.75, 3.05) is 13.2 Å². The van der Waals surface area contributed by atoms with Crippen LogP contribution in [0, 0.1) is 17.1 Å². The van der Waals surface area contributed by atoms with Crippen LogP contribution in [0.2, 0.25) is 6.04 Å². The van der Waals surface area contributed by atoms with Crippen molar-refractivity contribution in [1.29, 1.82) is 5.26 Å². The average Bonchev–Trinajstić information content (AvgIpc) is 3.43. The summed E-state index contributed by atoms with van der Waals surface area (Å²) < 4.78 is 54.7. The highest BCUT2D eigenvalue weighted by Crippen LogP contribution is 2.58. The fourth-order valence-electron chi connectivity index (χ4n) is 9.10. The highest BCUT2D eigenvalue weighted by molar-refractivity contribution is 6.61. The Hall–Kier alpha value is -4.82. The van der Waals surface area contributed by atoms with Crippen LogP contribution in [-0.2, 0) is 29.0 Å².